The molecule has 1 aliphatic rings. The van der Waals surface area contributed by atoms with Gasteiger partial charge in [0.25, 0.3) is 0 Å². The SMILES string of the molecule is Cc1nn(C2CCS(=O)(=O)C2)c(C)c1CC(=O)NCCc1ccccc1. The van der Waals surface area contributed by atoms with Crippen molar-refractivity contribution in [3.05, 3.63) is 52.8 Å². The largest absolute Gasteiger partial charge is 0.355 e. The van der Waals surface area contributed by atoms with Gasteiger partial charge in [-0.25, -0.2) is 8.42 Å². The third-order valence-electron chi connectivity index (χ3n) is 4.95. The first-order valence-corrected chi connectivity index (χ1v) is 10.7. The molecule has 6 nitrogen and oxygen atoms in total. The Balaban J connectivity index is 1.60. The average molecular weight is 375 g/mol. The van der Waals surface area contributed by atoms with E-state index < -0.39 is 9.84 Å². The third kappa shape index (κ3) is 4.33. The summed E-state index contributed by atoms with van der Waals surface area (Å²) in [6.07, 6.45) is 1.66. The standard InChI is InChI=1S/C19H25N3O3S/c1-14-18(12-19(23)20-10-8-16-6-4-3-5-7-16)15(2)22(21-14)17-9-11-26(24,25)13-17/h3-7,17H,8-13H2,1-2H3,(H,20,23). The van der Waals surface area contributed by atoms with Gasteiger partial charge in [-0.2, -0.15) is 5.10 Å². The van der Waals surface area contributed by atoms with Crippen LogP contribution in [0.4, 0.5) is 0 Å². The summed E-state index contributed by atoms with van der Waals surface area (Å²) in [6, 6.07) is 9.91. The fourth-order valence-corrected chi connectivity index (χ4v) is 5.18. The number of rotatable bonds is 6. The van der Waals surface area contributed by atoms with E-state index in [1.807, 2.05) is 44.2 Å². The zero-order valence-corrected chi connectivity index (χ0v) is 16.1. The molecule has 0 aliphatic carbocycles. The van der Waals surface area contributed by atoms with Crippen LogP contribution in [-0.2, 0) is 27.5 Å². The number of nitrogens with zero attached hydrogens (tertiary/aromatic N) is 2. The minimum Gasteiger partial charge on any atom is -0.355 e. The van der Waals surface area contributed by atoms with Gasteiger partial charge in [0.2, 0.25) is 5.91 Å². The summed E-state index contributed by atoms with van der Waals surface area (Å²) in [5.41, 5.74) is 3.77. The van der Waals surface area contributed by atoms with Crippen molar-refractivity contribution in [1.29, 1.82) is 0 Å². The number of carbonyl (C=O) groups is 1. The van der Waals surface area contributed by atoms with Gasteiger partial charge in [0, 0.05) is 17.8 Å². The van der Waals surface area contributed by atoms with Gasteiger partial charge < -0.3 is 5.32 Å². The number of amides is 1. The Kier molecular flexibility index (Phi) is 5.46. The lowest BCUT2D eigenvalue weighted by atomic mass is 10.1. The van der Waals surface area contributed by atoms with Crippen LogP contribution >= 0.6 is 0 Å². The van der Waals surface area contributed by atoms with Gasteiger partial charge in [0.15, 0.2) is 9.84 Å². The number of hydrogen-bond donors (Lipinski definition) is 1. The van der Waals surface area contributed by atoms with Gasteiger partial charge in [-0.1, -0.05) is 30.3 Å². The highest BCUT2D eigenvalue weighted by Gasteiger charge is 2.31. The third-order valence-corrected chi connectivity index (χ3v) is 6.70. The number of carbonyl (C=O) groups excluding carboxylic acids is 1. The first-order chi connectivity index (χ1) is 12.4. The molecule has 1 aliphatic heterocycles. The van der Waals surface area contributed by atoms with Crippen LogP contribution in [0.15, 0.2) is 30.3 Å². The van der Waals surface area contributed by atoms with Gasteiger partial charge in [0.05, 0.1) is 29.7 Å². The van der Waals surface area contributed by atoms with E-state index >= 15 is 0 Å². The van der Waals surface area contributed by atoms with Crippen LogP contribution in [0.25, 0.3) is 0 Å². The maximum atomic E-state index is 12.3. The lowest BCUT2D eigenvalue weighted by Crippen LogP contribution is -2.27. The van der Waals surface area contributed by atoms with Gasteiger partial charge in [-0.05, 0) is 32.3 Å². The van der Waals surface area contributed by atoms with Crippen molar-refractivity contribution in [3.63, 3.8) is 0 Å². The second-order valence-corrected chi connectivity index (χ2v) is 9.14. The zero-order valence-electron chi connectivity index (χ0n) is 15.2. The number of nitrogens with one attached hydrogen (secondary N) is 1. The van der Waals surface area contributed by atoms with E-state index in [0.29, 0.717) is 13.0 Å². The van der Waals surface area contributed by atoms with Crippen LogP contribution in [0, 0.1) is 13.8 Å². The number of sulfone groups is 1. The van der Waals surface area contributed by atoms with Crippen LogP contribution in [-0.4, -0.2) is 42.2 Å². The van der Waals surface area contributed by atoms with E-state index in [0.717, 1.165) is 23.4 Å². The molecule has 0 saturated carbocycles. The van der Waals surface area contributed by atoms with E-state index in [1.165, 1.54) is 5.56 Å². The van der Waals surface area contributed by atoms with E-state index in [-0.39, 0.29) is 29.9 Å². The average Bonchev–Trinajstić information content (AvgIpc) is 3.09. The Morgan fingerprint density at radius 2 is 2.00 bits per heavy atom. The Bertz CT molecular complexity index is 888. The van der Waals surface area contributed by atoms with E-state index in [1.54, 1.807) is 4.68 Å². The number of hydrogen-bond acceptors (Lipinski definition) is 4. The highest BCUT2D eigenvalue weighted by atomic mass is 32.2. The molecular weight excluding hydrogens is 350 g/mol. The summed E-state index contributed by atoms with van der Waals surface area (Å²) in [5, 5.41) is 7.46. The molecular formula is C19H25N3O3S. The molecule has 3 rings (SSSR count). The van der Waals surface area contributed by atoms with Crippen molar-refractivity contribution >= 4 is 15.7 Å². The van der Waals surface area contributed by atoms with Crippen LogP contribution in [0.5, 0.6) is 0 Å². The van der Waals surface area contributed by atoms with Gasteiger partial charge in [-0.3, -0.25) is 9.48 Å². The molecule has 0 radical (unpaired) electrons. The smallest absolute Gasteiger partial charge is 0.224 e. The maximum Gasteiger partial charge on any atom is 0.224 e. The fourth-order valence-electron chi connectivity index (χ4n) is 3.49. The number of aromatic nitrogens is 2. The van der Waals surface area contributed by atoms with Crippen molar-refractivity contribution < 1.29 is 13.2 Å². The molecule has 2 heterocycles. The zero-order chi connectivity index (χ0) is 18.7. The molecule has 1 saturated heterocycles. The summed E-state index contributed by atoms with van der Waals surface area (Å²) in [6.45, 7) is 4.38. The number of benzene rings is 1. The summed E-state index contributed by atoms with van der Waals surface area (Å²) >= 11 is 0. The van der Waals surface area contributed by atoms with Crippen LogP contribution in [0.3, 0.4) is 0 Å². The lowest BCUT2D eigenvalue weighted by molar-refractivity contribution is -0.120. The molecule has 7 heteroatoms. The summed E-state index contributed by atoms with van der Waals surface area (Å²) < 4.78 is 25.2. The molecule has 1 N–H and O–H groups in total. The Labute approximate surface area is 154 Å². The molecule has 1 aromatic heterocycles. The van der Waals surface area contributed by atoms with Gasteiger partial charge in [-0.15, -0.1) is 0 Å². The van der Waals surface area contributed by atoms with Crippen molar-refractivity contribution in [2.75, 3.05) is 18.1 Å². The van der Waals surface area contributed by atoms with E-state index in [4.69, 9.17) is 0 Å². The van der Waals surface area contributed by atoms with Crippen molar-refractivity contribution in [1.82, 2.24) is 15.1 Å². The van der Waals surface area contributed by atoms with Crippen LogP contribution in [0.2, 0.25) is 0 Å². The second-order valence-electron chi connectivity index (χ2n) is 6.91. The quantitative estimate of drug-likeness (QED) is 0.834. The molecule has 26 heavy (non-hydrogen) atoms. The van der Waals surface area contributed by atoms with Gasteiger partial charge >= 0.3 is 0 Å². The van der Waals surface area contributed by atoms with Crippen molar-refractivity contribution in [2.24, 2.45) is 0 Å². The Hall–Kier alpha value is -2.15. The van der Waals surface area contributed by atoms with E-state index in [2.05, 4.69) is 10.4 Å². The first kappa shape index (κ1) is 18.6. The molecule has 1 amide bonds. The molecule has 140 valence electrons. The number of aryl methyl sites for hydroxylation is 1. The summed E-state index contributed by atoms with van der Waals surface area (Å²) in [4.78, 5) is 12.3. The first-order valence-electron chi connectivity index (χ1n) is 8.91. The molecule has 2 aromatic rings. The molecule has 1 aromatic carbocycles. The molecule has 1 atom stereocenters. The van der Waals surface area contributed by atoms with Crippen LogP contribution < -0.4 is 5.32 Å². The normalized spacial score (nSPS) is 18.8. The summed E-state index contributed by atoms with van der Waals surface area (Å²) in [5.74, 6) is 0.314. The second kappa shape index (κ2) is 7.61. The highest BCUT2D eigenvalue weighted by molar-refractivity contribution is 7.91. The highest BCUT2D eigenvalue weighted by Crippen LogP contribution is 2.26. The molecule has 1 fully saturated rings. The van der Waals surface area contributed by atoms with Crippen LogP contribution in [0.1, 0.15) is 35.0 Å². The topological polar surface area (TPSA) is 81.1 Å². The molecule has 0 spiro atoms. The molecule has 0 bridgehead atoms. The Morgan fingerprint density at radius 3 is 2.65 bits per heavy atom. The monoisotopic (exact) mass is 375 g/mol. The predicted octanol–water partition coefficient (Wildman–Crippen LogP) is 1.76. The minimum atomic E-state index is -2.97. The maximum absolute atomic E-state index is 12.3. The summed E-state index contributed by atoms with van der Waals surface area (Å²) in [7, 11) is -2.97. The fraction of sp³-hybridized carbons (Fsp3) is 0.474. The Morgan fingerprint density at radius 1 is 1.27 bits per heavy atom. The van der Waals surface area contributed by atoms with Crippen molar-refractivity contribution in [2.45, 2.75) is 39.2 Å². The van der Waals surface area contributed by atoms with Crippen molar-refractivity contribution in [3.8, 4) is 0 Å². The molecule has 1 unspecified atom stereocenters. The lowest BCUT2D eigenvalue weighted by Gasteiger charge is -2.11. The minimum absolute atomic E-state index is 0.0364. The predicted molar refractivity (Wildman–Crippen MR) is 101 cm³/mol. The van der Waals surface area contributed by atoms with E-state index in [9.17, 15) is 13.2 Å². The van der Waals surface area contributed by atoms with Gasteiger partial charge in [0.1, 0.15) is 0 Å².